The van der Waals surface area contributed by atoms with Gasteiger partial charge >= 0.3 is 149 Å². The summed E-state index contributed by atoms with van der Waals surface area (Å²) in [4.78, 5) is 22.8. The summed E-state index contributed by atoms with van der Waals surface area (Å²) < 4.78 is 8.04. The number of hydrogen-bond donors (Lipinski definition) is 1. The Hall–Kier alpha value is -1.74. The molecule has 0 aliphatic heterocycles. The van der Waals surface area contributed by atoms with Crippen LogP contribution < -0.4 is 4.52 Å². The topological polar surface area (TPSA) is 99.6 Å². The van der Waals surface area contributed by atoms with E-state index in [1.165, 1.54) is 12.1 Å². The van der Waals surface area contributed by atoms with E-state index in [0.717, 1.165) is 0 Å². The second kappa shape index (κ2) is 8.09. The van der Waals surface area contributed by atoms with Crippen molar-refractivity contribution in [2.24, 2.45) is 0 Å². The van der Waals surface area contributed by atoms with Gasteiger partial charge in [-0.15, -0.1) is 0 Å². The zero-order valence-electron chi connectivity index (χ0n) is 15.5. The monoisotopic (exact) mass is 369 g/mol. The van der Waals surface area contributed by atoms with Crippen LogP contribution in [0.15, 0.2) is 24.3 Å². The molecule has 0 bridgehead atoms. The van der Waals surface area contributed by atoms with Crippen molar-refractivity contribution in [1.82, 2.24) is 4.67 Å². The molecule has 1 rings (SSSR count). The number of benzene rings is 1. The maximum absolute atomic E-state index is 11.9. The molecule has 0 aliphatic rings. The molecule has 25 heavy (non-hydrogen) atoms. The number of hydrogen-bond acceptors (Lipinski definition) is 6. The third kappa shape index (κ3) is 4.46. The summed E-state index contributed by atoms with van der Waals surface area (Å²) in [6.45, 7) is 9.59. The Balaban J connectivity index is 3.57. The number of nitro groups is 1. The van der Waals surface area contributed by atoms with E-state index in [1.807, 2.05) is 39.3 Å². The van der Waals surface area contributed by atoms with Crippen LogP contribution in [0.3, 0.4) is 0 Å². The number of nitriles is 1. The van der Waals surface area contributed by atoms with Gasteiger partial charge in [0.05, 0.1) is 0 Å². The van der Waals surface area contributed by atoms with E-state index in [2.05, 4.69) is 6.07 Å². The predicted octanol–water partition coefficient (Wildman–Crippen LogP) is 4.32. The van der Waals surface area contributed by atoms with E-state index in [0.29, 0.717) is 0 Å². The van der Waals surface area contributed by atoms with Crippen LogP contribution in [-0.4, -0.2) is 38.9 Å². The number of para-hydroxylation sites is 2. The van der Waals surface area contributed by atoms with Crippen molar-refractivity contribution in [3.05, 3.63) is 34.4 Å². The molecule has 140 valence electrons. The molecule has 0 heterocycles. The van der Waals surface area contributed by atoms with Crippen molar-refractivity contribution in [3.63, 3.8) is 0 Å². The van der Waals surface area contributed by atoms with Gasteiger partial charge in [-0.3, -0.25) is 0 Å². The Kier molecular flexibility index (Phi) is 6.90. The summed E-state index contributed by atoms with van der Waals surface area (Å²) in [5, 5.41) is 20.4. The fourth-order valence-electron chi connectivity index (χ4n) is 3.43. The SMILES string of the molecule is CCP(O)(CCC#N)(Oc1ccccc1[N+](=O)[O-])N(C(C)C)C(C)C. The molecule has 0 aliphatic carbocycles. The molecule has 0 fully saturated rings. The van der Waals surface area contributed by atoms with E-state index in [-0.39, 0.29) is 42.3 Å². The standard InChI is InChI=1S/C17H28N3O4P/c1-6-25(23,13-9-12-18,19(14(2)3)15(4)5)24-17-11-8-7-10-16(17)20(21)22/h7-8,10-11,14-15,23H,6,9,13H2,1-5H3. The van der Waals surface area contributed by atoms with Gasteiger partial charge in [0.25, 0.3) is 0 Å². The van der Waals surface area contributed by atoms with Crippen LogP contribution >= 0.6 is 7.21 Å². The Morgan fingerprint density at radius 1 is 1.32 bits per heavy atom. The Bertz CT molecular complexity index is 654. The number of rotatable bonds is 9. The zero-order chi connectivity index (χ0) is 19.3. The van der Waals surface area contributed by atoms with Crippen LogP contribution in [0.5, 0.6) is 5.75 Å². The molecule has 0 spiro atoms. The quantitative estimate of drug-likeness (QED) is 0.395. The molecular formula is C17H28N3O4P. The molecular weight excluding hydrogens is 341 g/mol. The summed E-state index contributed by atoms with van der Waals surface area (Å²) in [7, 11) is -4.06. The van der Waals surface area contributed by atoms with Crippen molar-refractivity contribution >= 4 is 12.9 Å². The summed E-state index contributed by atoms with van der Waals surface area (Å²) in [6, 6.07) is 8.01. The summed E-state index contributed by atoms with van der Waals surface area (Å²) in [6.07, 6.45) is 0.523. The first-order chi connectivity index (χ1) is 11.6. The zero-order valence-corrected chi connectivity index (χ0v) is 16.4. The molecule has 8 heteroatoms. The van der Waals surface area contributed by atoms with Crippen LogP contribution in [0, 0.1) is 21.4 Å². The van der Waals surface area contributed by atoms with Crippen LogP contribution in [0.25, 0.3) is 0 Å². The second-order valence-corrected chi connectivity index (χ2v) is 11.0. The summed E-state index contributed by atoms with van der Waals surface area (Å²) in [5.74, 6) is 0.0405. The van der Waals surface area contributed by atoms with Crippen LogP contribution in [-0.2, 0) is 0 Å². The van der Waals surface area contributed by atoms with Crippen LogP contribution in [0.1, 0.15) is 41.0 Å². The average Bonchev–Trinajstić information content (AvgIpc) is 2.52. The Morgan fingerprint density at radius 2 is 1.88 bits per heavy atom. The van der Waals surface area contributed by atoms with Gasteiger partial charge in [0.1, 0.15) is 0 Å². The van der Waals surface area contributed by atoms with Gasteiger partial charge in [-0.1, -0.05) is 0 Å². The molecule has 1 aromatic carbocycles. The van der Waals surface area contributed by atoms with Crippen molar-refractivity contribution in [2.75, 3.05) is 12.3 Å². The van der Waals surface area contributed by atoms with Crippen molar-refractivity contribution in [1.29, 1.82) is 5.26 Å². The van der Waals surface area contributed by atoms with Gasteiger partial charge < -0.3 is 0 Å². The van der Waals surface area contributed by atoms with E-state index < -0.39 is 12.1 Å². The van der Waals surface area contributed by atoms with Gasteiger partial charge in [0.15, 0.2) is 0 Å². The minimum absolute atomic E-state index is 0.0405. The Morgan fingerprint density at radius 3 is 2.32 bits per heavy atom. The van der Waals surface area contributed by atoms with Crippen molar-refractivity contribution in [3.8, 4) is 11.8 Å². The van der Waals surface area contributed by atoms with Gasteiger partial charge in [0.2, 0.25) is 0 Å². The molecule has 7 nitrogen and oxygen atoms in total. The van der Waals surface area contributed by atoms with E-state index in [4.69, 9.17) is 9.79 Å². The normalized spacial score (nSPS) is 13.5. The van der Waals surface area contributed by atoms with Crippen molar-refractivity contribution in [2.45, 2.75) is 53.1 Å². The van der Waals surface area contributed by atoms with E-state index in [9.17, 15) is 15.0 Å². The first kappa shape index (κ1) is 21.3. The van der Waals surface area contributed by atoms with Crippen LogP contribution in [0.2, 0.25) is 0 Å². The maximum atomic E-state index is 11.9. The Labute approximate surface area is 149 Å². The third-order valence-corrected chi connectivity index (χ3v) is 9.25. The molecule has 0 saturated carbocycles. The van der Waals surface area contributed by atoms with Gasteiger partial charge in [-0.05, 0) is 0 Å². The van der Waals surface area contributed by atoms with Gasteiger partial charge in [-0.2, -0.15) is 0 Å². The van der Waals surface area contributed by atoms with Gasteiger partial charge in [0, 0.05) is 0 Å². The molecule has 0 atom stereocenters. The van der Waals surface area contributed by atoms with Gasteiger partial charge in [-0.25, -0.2) is 0 Å². The first-order valence-electron chi connectivity index (χ1n) is 8.45. The van der Waals surface area contributed by atoms with E-state index in [1.54, 1.807) is 12.1 Å². The first-order valence-corrected chi connectivity index (χ1v) is 10.9. The van der Waals surface area contributed by atoms with Crippen LogP contribution in [0.4, 0.5) is 5.69 Å². The number of nitro benzene ring substituents is 1. The molecule has 1 N–H and O–H groups in total. The summed E-state index contributed by atoms with van der Waals surface area (Å²) >= 11 is 0. The number of nitrogens with zero attached hydrogens (tertiary/aromatic N) is 3. The second-order valence-electron chi connectivity index (χ2n) is 6.63. The predicted molar refractivity (Wildman–Crippen MR) is 101 cm³/mol. The third-order valence-electron chi connectivity index (χ3n) is 4.26. The average molecular weight is 369 g/mol. The molecule has 0 saturated heterocycles. The fraction of sp³-hybridized carbons (Fsp3) is 0.588. The molecule has 0 unspecified atom stereocenters. The fourth-order valence-corrected chi connectivity index (χ4v) is 7.87. The van der Waals surface area contributed by atoms with E-state index >= 15 is 0 Å². The van der Waals surface area contributed by atoms with Crippen molar-refractivity contribution < 1.29 is 14.3 Å². The molecule has 0 radical (unpaired) electrons. The minimum atomic E-state index is -4.06. The molecule has 0 amide bonds. The summed E-state index contributed by atoms with van der Waals surface area (Å²) in [5.41, 5.74) is -0.191. The molecule has 0 aromatic heterocycles. The molecule has 1 aromatic rings.